The van der Waals surface area contributed by atoms with Gasteiger partial charge in [-0.1, -0.05) is 47.2 Å². The molecule has 0 unspecified atom stereocenters. The standard InChI is InChI=1S/C20H21N5S2/c1-13-9-11-17(12-10-13)22-19(26)25-24-15(3)18-14(2)21-20(27-18)23-16-7-5-4-6-8-16/h4-12H,1-3H3,(H,21,23)(H2,22,25,26)/b24-15+. The average molecular weight is 396 g/mol. The molecule has 0 aliphatic rings. The normalized spacial score (nSPS) is 11.1. The second kappa shape index (κ2) is 8.75. The van der Waals surface area contributed by atoms with E-state index in [2.05, 4.69) is 26.1 Å². The summed E-state index contributed by atoms with van der Waals surface area (Å²) >= 11 is 6.87. The van der Waals surface area contributed by atoms with E-state index in [9.17, 15) is 0 Å². The number of hydrogen-bond donors (Lipinski definition) is 3. The molecular weight excluding hydrogens is 374 g/mol. The van der Waals surface area contributed by atoms with Crippen molar-refractivity contribution in [2.24, 2.45) is 5.10 Å². The molecule has 3 rings (SSSR count). The minimum atomic E-state index is 0.447. The molecule has 138 valence electrons. The molecule has 0 aliphatic heterocycles. The van der Waals surface area contributed by atoms with Gasteiger partial charge in [-0.15, -0.1) is 0 Å². The molecule has 7 heteroatoms. The van der Waals surface area contributed by atoms with Crippen LogP contribution in [-0.2, 0) is 0 Å². The van der Waals surface area contributed by atoms with Crippen LogP contribution in [0.4, 0.5) is 16.5 Å². The van der Waals surface area contributed by atoms with Crippen LogP contribution in [0.15, 0.2) is 59.7 Å². The van der Waals surface area contributed by atoms with Crippen LogP contribution in [0, 0.1) is 13.8 Å². The fourth-order valence-corrected chi connectivity index (χ4v) is 3.51. The molecule has 0 saturated heterocycles. The number of hydrazone groups is 1. The van der Waals surface area contributed by atoms with Gasteiger partial charge in [-0.2, -0.15) is 5.10 Å². The summed E-state index contributed by atoms with van der Waals surface area (Å²) in [5, 5.41) is 12.1. The van der Waals surface area contributed by atoms with Gasteiger partial charge >= 0.3 is 0 Å². The van der Waals surface area contributed by atoms with Crippen molar-refractivity contribution < 1.29 is 0 Å². The van der Waals surface area contributed by atoms with Crippen molar-refractivity contribution in [2.45, 2.75) is 20.8 Å². The van der Waals surface area contributed by atoms with Crippen LogP contribution in [0.3, 0.4) is 0 Å². The number of anilines is 3. The van der Waals surface area contributed by atoms with Crippen LogP contribution in [0.5, 0.6) is 0 Å². The number of hydrogen-bond acceptors (Lipinski definition) is 5. The molecule has 0 spiro atoms. The lowest BCUT2D eigenvalue weighted by Gasteiger charge is -2.08. The number of aryl methyl sites for hydroxylation is 2. The van der Waals surface area contributed by atoms with E-state index in [1.165, 1.54) is 5.56 Å². The summed E-state index contributed by atoms with van der Waals surface area (Å²) in [4.78, 5) is 5.59. The summed E-state index contributed by atoms with van der Waals surface area (Å²) in [5.74, 6) is 0. The van der Waals surface area contributed by atoms with Gasteiger partial charge in [-0.3, -0.25) is 5.43 Å². The molecule has 0 bridgehead atoms. The Morgan fingerprint density at radius 2 is 1.70 bits per heavy atom. The van der Waals surface area contributed by atoms with Crippen molar-refractivity contribution in [3.63, 3.8) is 0 Å². The first-order valence-electron chi connectivity index (χ1n) is 8.49. The van der Waals surface area contributed by atoms with Crippen LogP contribution >= 0.6 is 23.6 Å². The molecule has 2 aromatic carbocycles. The summed E-state index contributed by atoms with van der Waals surface area (Å²) in [5.41, 5.74) is 7.80. The minimum absolute atomic E-state index is 0.447. The fourth-order valence-electron chi connectivity index (χ4n) is 2.41. The number of thiazole rings is 1. The maximum absolute atomic E-state index is 5.31. The second-order valence-electron chi connectivity index (χ2n) is 6.05. The van der Waals surface area contributed by atoms with E-state index in [1.807, 2.05) is 75.4 Å². The Labute approximate surface area is 168 Å². The van der Waals surface area contributed by atoms with Gasteiger partial charge in [0, 0.05) is 11.4 Å². The zero-order chi connectivity index (χ0) is 19.2. The van der Waals surface area contributed by atoms with E-state index in [1.54, 1.807) is 11.3 Å². The van der Waals surface area contributed by atoms with E-state index >= 15 is 0 Å². The Bertz CT molecular complexity index is 946. The van der Waals surface area contributed by atoms with E-state index in [-0.39, 0.29) is 0 Å². The largest absolute Gasteiger partial charge is 0.332 e. The Balaban J connectivity index is 1.63. The minimum Gasteiger partial charge on any atom is -0.332 e. The van der Waals surface area contributed by atoms with Crippen molar-refractivity contribution in [1.82, 2.24) is 10.4 Å². The van der Waals surface area contributed by atoms with E-state index < -0.39 is 0 Å². The predicted molar refractivity (Wildman–Crippen MR) is 119 cm³/mol. The predicted octanol–water partition coefficient (Wildman–Crippen LogP) is 5.21. The molecule has 3 aromatic rings. The molecular formula is C20H21N5S2. The third-order valence-corrected chi connectivity index (χ3v) is 5.16. The Morgan fingerprint density at radius 3 is 2.41 bits per heavy atom. The monoisotopic (exact) mass is 395 g/mol. The topological polar surface area (TPSA) is 61.3 Å². The number of nitrogens with one attached hydrogen (secondary N) is 3. The molecule has 0 amide bonds. The Hall–Kier alpha value is -2.77. The second-order valence-corrected chi connectivity index (χ2v) is 7.46. The first-order chi connectivity index (χ1) is 13.0. The Morgan fingerprint density at radius 1 is 1.00 bits per heavy atom. The molecule has 0 radical (unpaired) electrons. The van der Waals surface area contributed by atoms with Gasteiger partial charge in [0.15, 0.2) is 10.2 Å². The smallest absolute Gasteiger partial charge is 0.191 e. The van der Waals surface area contributed by atoms with Crippen molar-refractivity contribution in [2.75, 3.05) is 10.6 Å². The molecule has 0 aliphatic carbocycles. The number of aromatic nitrogens is 1. The first kappa shape index (κ1) is 19.0. The third kappa shape index (κ3) is 5.35. The van der Waals surface area contributed by atoms with Gasteiger partial charge in [0.25, 0.3) is 0 Å². The summed E-state index contributed by atoms with van der Waals surface area (Å²) < 4.78 is 0. The third-order valence-electron chi connectivity index (χ3n) is 3.78. The van der Waals surface area contributed by atoms with Gasteiger partial charge in [0.05, 0.1) is 16.3 Å². The lowest BCUT2D eigenvalue weighted by Crippen LogP contribution is -2.24. The van der Waals surface area contributed by atoms with Crippen LogP contribution in [0.2, 0.25) is 0 Å². The number of rotatable bonds is 5. The molecule has 1 heterocycles. The zero-order valence-electron chi connectivity index (χ0n) is 15.4. The summed E-state index contributed by atoms with van der Waals surface area (Å²) in [7, 11) is 0. The maximum Gasteiger partial charge on any atom is 0.191 e. The van der Waals surface area contributed by atoms with Crippen LogP contribution in [-0.4, -0.2) is 15.8 Å². The molecule has 3 N–H and O–H groups in total. The lowest BCUT2D eigenvalue weighted by atomic mass is 10.2. The van der Waals surface area contributed by atoms with Crippen LogP contribution in [0.25, 0.3) is 0 Å². The first-order valence-corrected chi connectivity index (χ1v) is 9.71. The highest BCUT2D eigenvalue weighted by molar-refractivity contribution is 7.80. The van der Waals surface area contributed by atoms with Gasteiger partial charge in [0.2, 0.25) is 0 Å². The van der Waals surface area contributed by atoms with Crippen molar-refractivity contribution >= 4 is 50.9 Å². The number of thiocarbonyl (C=S) groups is 1. The van der Waals surface area contributed by atoms with Gasteiger partial charge in [-0.25, -0.2) is 4.98 Å². The summed E-state index contributed by atoms with van der Waals surface area (Å²) in [6.07, 6.45) is 0. The average Bonchev–Trinajstić information content (AvgIpc) is 3.03. The highest BCUT2D eigenvalue weighted by Gasteiger charge is 2.11. The number of nitrogens with zero attached hydrogens (tertiary/aromatic N) is 2. The highest BCUT2D eigenvalue weighted by Crippen LogP contribution is 2.26. The van der Waals surface area contributed by atoms with Crippen molar-refractivity contribution in [1.29, 1.82) is 0 Å². The summed E-state index contributed by atoms with van der Waals surface area (Å²) in [6.45, 7) is 5.96. The van der Waals surface area contributed by atoms with Gasteiger partial charge in [-0.05, 0) is 57.3 Å². The molecule has 0 atom stereocenters. The molecule has 1 aromatic heterocycles. The van der Waals surface area contributed by atoms with Gasteiger partial charge < -0.3 is 10.6 Å². The van der Waals surface area contributed by atoms with Crippen LogP contribution in [0.1, 0.15) is 23.1 Å². The fraction of sp³-hybridized carbons (Fsp3) is 0.150. The van der Waals surface area contributed by atoms with E-state index in [4.69, 9.17) is 12.2 Å². The zero-order valence-corrected chi connectivity index (χ0v) is 17.0. The van der Waals surface area contributed by atoms with Gasteiger partial charge in [0.1, 0.15) is 0 Å². The Kier molecular flexibility index (Phi) is 6.16. The summed E-state index contributed by atoms with van der Waals surface area (Å²) in [6, 6.07) is 18.0. The highest BCUT2D eigenvalue weighted by atomic mass is 32.1. The van der Waals surface area contributed by atoms with Crippen molar-refractivity contribution in [3.8, 4) is 0 Å². The van der Waals surface area contributed by atoms with Crippen LogP contribution < -0.4 is 16.1 Å². The van der Waals surface area contributed by atoms with Crippen molar-refractivity contribution in [3.05, 3.63) is 70.7 Å². The van der Waals surface area contributed by atoms with E-state index in [0.717, 1.165) is 32.8 Å². The molecule has 5 nitrogen and oxygen atoms in total. The quantitative estimate of drug-likeness (QED) is 0.314. The lowest BCUT2D eigenvalue weighted by molar-refractivity contribution is 1.04. The van der Waals surface area contributed by atoms with E-state index in [0.29, 0.717) is 5.11 Å². The molecule has 27 heavy (non-hydrogen) atoms. The molecule has 0 saturated carbocycles. The maximum atomic E-state index is 5.31. The number of benzene rings is 2. The SMILES string of the molecule is C/C(=N\NC(=S)Nc1ccc(C)cc1)c1sc(Nc2ccccc2)nc1C. The number of para-hydroxylation sites is 1. The molecule has 0 fully saturated rings.